The van der Waals surface area contributed by atoms with Crippen molar-refractivity contribution in [3.8, 4) is 11.5 Å². The third-order valence-electron chi connectivity index (χ3n) is 3.77. The third-order valence-corrected chi connectivity index (χ3v) is 3.77. The van der Waals surface area contributed by atoms with Gasteiger partial charge >= 0.3 is 0 Å². The highest BCUT2D eigenvalue weighted by atomic mass is 16.5. The van der Waals surface area contributed by atoms with E-state index in [0.29, 0.717) is 12.2 Å². The highest BCUT2D eigenvalue weighted by molar-refractivity contribution is 5.36. The standard InChI is InChI=1S/C20H26O2/c1-4-5-10-16-11-7-9-14-19(16)22-20(2,3)15-17-12-6-8-13-18(17)21/h6-9,11-14,21H,4-5,10,15H2,1-3H3. The summed E-state index contributed by atoms with van der Waals surface area (Å²) in [6.07, 6.45) is 4.05. The number of aromatic hydroxyl groups is 1. The molecule has 0 aliphatic rings. The van der Waals surface area contributed by atoms with E-state index in [1.165, 1.54) is 18.4 Å². The van der Waals surface area contributed by atoms with Crippen LogP contribution >= 0.6 is 0 Å². The van der Waals surface area contributed by atoms with Crippen LogP contribution in [0.25, 0.3) is 0 Å². The van der Waals surface area contributed by atoms with Gasteiger partial charge in [-0.2, -0.15) is 0 Å². The fourth-order valence-corrected chi connectivity index (χ4v) is 2.63. The maximum absolute atomic E-state index is 9.96. The van der Waals surface area contributed by atoms with E-state index in [4.69, 9.17) is 4.74 Å². The van der Waals surface area contributed by atoms with Crippen LogP contribution in [0.1, 0.15) is 44.7 Å². The second kappa shape index (κ2) is 7.35. The zero-order valence-corrected chi connectivity index (χ0v) is 13.8. The first-order valence-corrected chi connectivity index (χ1v) is 8.05. The average Bonchev–Trinajstić information content (AvgIpc) is 2.48. The van der Waals surface area contributed by atoms with Crippen LogP contribution in [0.2, 0.25) is 0 Å². The van der Waals surface area contributed by atoms with E-state index in [1.807, 2.05) is 30.3 Å². The molecule has 22 heavy (non-hydrogen) atoms. The number of phenols is 1. The summed E-state index contributed by atoms with van der Waals surface area (Å²) in [4.78, 5) is 0. The van der Waals surface area contributed by atoms with Crippen molar-refractivity contribution < 1.29 is 9.84 Å². The Morgan fingerprint density at radius 1 is 0.955 bits per heavy atom. The molecule has 2 rings (SSSR count). The maximum atomic E-state index is 9.96. The summed E-state index contributed by atoms with van der Waals surface area (Å²) in [7, 11) is 0. The Bertz CT molecular complexity index is 602. The van der Waals surface area contributed by atoms with E-state index in [-0.39, 0.29) is 5.60 Å². The van der Waals surface area contributed by atoms with Crippen LogP contribution < -0.4 is 4.74 Å². The predicted molar refractivity (Wildman–Crippen MR) is 91.6 cm³/mol. The van der Waals surface area contributed by atoms with Crippen molar-refractivity contribution in [2.24, 2.45) is 0 Å². The number of hydrogen-bond acceptors (Lipinski definition) is 2. The molecule has 0 saturated heterocycles. The lowest BCUT2D eigenvalue weighted by Gasteiger charge is -2.28. The van der Waals surface area contributed by atoms with Crippen LogP contribution in [0.5, 0.6) is 11.5 Å². The Labute approximate surface area is 133 Å². The van der Waals surface area contributed by atoms with Gasteiger partial charge < -0.3 is 9.84 Å². The van der Waals surface area contributed by atoms with Gasteiger partial charge in [0.15, 0.2) is 0 Å². The lowest BCUT2D eigenvalue weighted by atomic mass is 9.97. The zero-order chi connectivity index (χ0) is 16.0. The summed E-state index contributed by atoms with van der Waals surface area (Å²) in [5.74, 6) is 1.29. The minimum absolute atomic E-state index is 0.332. The highest BCUT2D eigenvalue weighted by Crippen LogP contribution is 2.28. The SMILES string of the molecule is CCCCc1ccccc1OC(C)(C)Cc1ccccc1O. The van der Waals surface area contributed by atoms with Crippen molar-refractivity contribution in [1.82, 2.24) is 0 Å². The van der Waals surface area contributed by atoms with Gasteiger partial charge in [-0.1, -0.05) is 49.7 Å². The van der Waals surface area contributed by atoms with Crippen molar-refractivity contribution in [2.75, 3.05) is 0 Å². The van der Waals surface area contributed by atoms with Crippen LogP contribution in [0, 0.1) is 0 Å². The van der Waals surface area contributed by atoms with E-state index in [1.54, 1.807) is 6.07 Å². The molecule has 0 amide bonds. The number of ether oxygens (including phenoxy) is 1. The molecule has 0 unspecified atom stereocenters. The first kappa shape index (κ1) is 16.4. The van der Waals surface area contributed by atoms with Gasteiger partial charge in [0.25, 0.3) is 0 Å². The molecule has 0 atom stereocenters. The molecule has 2 heteroatoms. The largest absolute Gasteiger partial charge is 0.508 e. The van der Waals surface area contributed by atoms with Gasteiger partial charge in [-0.15, -0.1) is 0 Å². The fourth-order valence-electron chi connectivity index (χ4n) is 2.63. The monoisotopic (exact) mass is 298 g/mol. The Hall–Kier alpha value is -1.96. The molecule has 0 bridgehead atoms. The van der Waals surface area contributed by atoms with E-state index in [9.17, 15) is 5.11 Å². The van der Waals surface area contributed by atoms with Crippen LogP contribution in [0.3, 0.4) is 0 Å². The number of unbranched alkanes of at least 4 members (excludes halogenated alkanes) is 1. The van der Waals surface area contributed by atoms with Gasteiger partial charge in [0.05, 0.1) is 0 Å². The van der Waals surface area contributed by atoms with E-state index in [0.717, 1.165) is 17.7 Å². The first-order valence-electron chi connectivity index (χ1n) is 8.05. The molecule has 2 nitrogen and oxygen atoms in total. The smallest absolute Gasteiger partial charge is 0.123 e. The van der Waals surface area contributed by atoms with Crippen LogP contribution in [-0.2, 0) is 12.8 Å². The number of phenolic OH excluding ortho intramolecular Hbond substituents is 1. The highest BCUT2D eigenvalue weighted by Gasteiger charge is 2.23. The third kappa shape index (κ3) is 4.52. The molecule has 0 radical (unpaired) electrons. The molecule has 0 fully saturated rings. The molecule has 1 N–H and O–H groups in total. The summed E-state index contributed by atoms with van der Waals surface area (Å²) in [5.41, 5.74) is 1.80. The van der Waals surface area contributed by atoms with Crippen LogP contribution in [-0.4, -0.2) is 10.7 Å². The normalized spacial score (nSPS) is 11.4. The Morgan fingerprint density at radius 3 is 2.27 bits per heavy atom. The van der Waals surface area contributed by atoms with Gasteiger partial charge in [0, 0.05) is 6.42 Å². The Balaban J connectivity index is 2.13. The molecule has 0 spiro atoms. The van der Waals surface area contributed by atoms with Gasteiger partial charge in [0.2, 0.25) is 0 Å². The average molecular weight is 298 g/mol. The fraction of sp³-hybridized carbons (Fsp3) is 0.400. The van der Waals surface area contributed by atoms with Gasteiger partial charge in [-0.3, -0.25) is 0 Å². The van der Waals surface area contributed by atoms with E-state index in [2.05, 4.69) is 32.9 Å². The lowest BCUT2D eigenvalue weighted by Crippen LogP contribution is -2.31. The van der Waals surface area contributed by atoms with Crippen molar-refractivity contribution in [2.45, 2.75) is 52.1 Å². The zero-order valence-electron chi connectivity index (χ0n) is 13.8. The number of aryl methyl sites for hydroxylation is 1. The molecular weight excluding hydrogens is 272 g/mol. The molecular formula is C20H26O2. The number of rotatable bonds is 7. The summed E-state index contributed by atoms with van der Waals surface area (Å²) in [5, 5.41) is 9.96. The number of para-hydroxylation sites is 2. The number of hydrogen-bond donors (Lipinski definition) is 1. The number of benzene rings is 2. The molecule has 0 aliphatic heterocycles. The topological polar surface area (TPSA) is 29.5 Å². The Morgan fingerprint density at radius 2 is 1.59 bits per heavy atom. The van der Waals surface area contributed by atoms with Crippen LogP contribution in [0.15, 0.2) is 48.5 Å². The van der Waals surface area contributed by atoms with Crippen molar-refractivity contribution >= 4 is 0 Å². The Kier molecular flexibility index (Phi) is 5.48. The second-order valence-corrected chi connectivity index (χ2v) is 6.38. The van der Waals surface area contributed by atoms with Crippen molar-refractivity contribution in [1.29, 1.82) is 0 Å². The van der Waals surface area contributed by atoms with Gasteiger partial charge in [-0.25, -0.2) is 0 Å². The molecule has 0 saturated carbocycles. The molecule has 0 aliphatic carbocycles. The molecule has 0 heterocycles. The molecule has 2 aromatic rings. The molecule has 0 aromatic heterocycles. The molecule has 118 valence electrons. The minimum Gasteiger partial charge on any atom is -0.508 e. The van der Waals surface area contributed by atoms with Crippen LogP contribution in [0.4, 0.5) is 0 Å². The summed E-state index contributed by atoms with van der Waals surface area (Å²) >= 11 is 0. The summed E-state index contributed by atoms with van der Waals surface area (Å²) in [6, 6.07) is 15.7. The summed E-state index contributed by atoms with van der Waals surface area (Å²) in [6.45, 7) is 6.33. The lowest BCUT2D eigenvalue weighted by molar-refractivity contribution is 0.108. The van der Waals surface area contributed by atoms with Crippen molar-refractivity contribution in [3.05, 3.63) is 59.7 Å². The predicted octanol–water partition coefficient (Wildman–Crippen LogP) is 5.13. The maximum Gasteiger partial charge on any atom is 0.123 e. The van der Waals surface area contributed by atoms with Gasteiger partial charge in [0.1, 0.15) is 17.1 Å². The van der Waals surface area contributed by atoms with E-state index >= 15 is 0 Å². The van der Waals surface area contributed by atoms with Gasteiger partial charge in [-0.05, 0) is 49.9 Å². The molecule has 2 aromatic carbocycles. The van der Waals surface area contributed by atoms with Crippen molar-refractivity contribution in [3.63, 3.8) is 0 Å². The minimum atomic E-state index is -0.374. The quantitative estimate of drug-likeness (QED) is 0.767. The second-order valence-electron chi connectivity index (χ2n) is 6.38. The first-order chi connectivity index (χ1) is 10.5. The van der Waals surface area contributed by atoms with E-state index < -0.39 is 0 Å². The summed E-state index contributed by atoms with van der Waals surface area (Å²) < 4.78 is 6.28.